The summed E-state index contributed by atoms with van der Waals surface area (Å²) < 4.78 is 96.7. The van der Waals surface area contributed by atoms with E-state index in [4.69, 9.17) is 9.47 Å². The maximum Gasteiger partial charge on any atom is 0.430 e. The fourth-order valence-corrected chi connectivity index (χ4v) is 6.24. The van der Waals surface area contributed by atoms with Crippen LogP contribution in [0.2, 0.25) is 0 Å². The van der Waals surface area contributed by atoms with Crippen molar-refractivity contribution in [3.8, 4) is 0 Å². The first-order valence-electron chi connectivity index (χ1n) is 8.64. The Morgan fingerprint density at radius 2 is 0.818 bits per heavy atom. The summed E-state index contributed by atoms with van der Waals surface area (Å²) in [5.74, 6) is 0. The predicted octanol–water partition coefficient (Wildman–Crippen LogP) is 5.82. The Labute approximate surface area is 197 Å². The van der Waals surface area contributed by atoms with Crippen LogP contribution in [0.5, 0.6) is 0 Å². The van der Waals surface area contributed by atoms with E-state index < -0.39 is 50.4 Å². The SMILES string of the molecule is FC(F)(F)C(OCOC(c1nccs1)(c1nccs1)C(F)(F)F)(c1nccs1)c1nccs1. The average Bonchev–Trinajstić information content (AvgIpc) is 3.56. The molecule has 176 valence electrons. The second-order valence-corrected chi connectivity index (χ2v) is 9.69. The molecular weight excluding hydrogens is 534 g/mol. The molecule has 0 bridgehead atoms. The molecule has 0 fully saturated rings. The van der Waals surface area contributed by atoms with Crippen molar-refractivity contribution in [1.29, 1.82) is 0 Å². The Hall–Kier alpha value is -1.98. The van der Waals surface area contributed by atoms with E-state index in [1.54, 1.807) is 0 Å². The van der Waals surface area contributed by atoms with Crippen LogP contribution >= 0.6 is 45.3 Å². The van der Waals surface area contributed by atoms with Crippen LogP contribution in [-0.2, 0) is 20.7 Å². The van der Waals surface area contributed by atoms with Crippen molar-refractivity contribution in [3.63, 3.8) is 0 Å². The quantitative estimate of drug-likeness (QED) is 0.206. The van der Waals surface area contributed by atoms with E-state index in [0.29, 0.717) is 45.3 Å². The number of halogens is 6. The van der Waals surface area contributed by atoms with Crippen molar-refractivity contribution in [2.24, 2.45) is 0 Å². The lowest BCUT2D eigenvalue weighted by Gasteiger charge is -2.35. The minimum atomic E-state index is -5.12. The summed E-state index contributed by atoms with van der Waals surface area (Å²) in [6.45, 7) is -1.42. The molecule has 0 aromatic carbocycles. The fourth-order valence-electron chi connectivity index (χ4n) is 2.87. The Bertz CT molecular complexity index is 971. The predicted molar refractivity (Wildman–Crippen MR) is 109 cm³/mol. The number of alkyl halides is 6. The van der Waals surface area contributed by atoms with E-state index >= 15 is 0 Å². The van der Waals surface area contributed by atoms with E-state index in [2.05, 4.69) is 19.9 Å². The molecule has 4 heterocycles. The zero-order valence-corrected chi connectivity index (χ0v) is 19.1. The fraction of sp³-hybridized carbons (Fsp3) is 0.294. The maximum absolute atomic E-state index is 14.4. The van der Waals surface area contributed by atoms with Gasteiger partial charge in [0.15, 0.2) is 6.79 Å². The van der Waals surface area contributed by atoms with Crippen molar-refractivity contribution >= 4 is 45.3 Å². The van der Waals surface area contributed by atoms with Gasteiger partial charge in [-0.15, -0.1) is 45.3 Å². The Morgan fingerprint density at radius 3 is 1.00 bits per heavy atom. The van der Waals surface area contributed by atoms with Gasteiger partial charge >= 0.3 is 12.4 Å². The lowest BCUT2D eigenvalue weighted by molar-refractivity contribution is -0.329. The molecule has 4 aromatic rings. The van der Waals surface area contributed by atoms with Gasteiger partial charge in [0, 0.05) is 46.3 Å². The van der Waals surface area contributed by atoms with Gasteiger partial charge in [-0.05, 0) is 0 Å². The number of ether oxygens (including phenoxy) is 2. The van der Waals surface area contributed by atoms with Gasteiger partial charge in [-0.3, -0.25) is 0 Å². The second-order valence-electron chi connectivity index (χ2n) is 6.11. The molecule has 0 aliphatic rings. The van der Waals surface area contributed by atoms with Crippen molar-refractivity contribution in [2.75, 3.05) is 6.79 Å². The zero-order valence-electron chi connectivity index (χ0n) is 15.8. The summed E-state index contributed by atoms with van der Waals surface area (Å²) in [4.78, 5) is 14.9. The van der Waals surface area contributed by atoms with Crippen LogP contribution in [0.3, 0.4) is 0 Å². The Balaban J connectivity index is 1.77. The van der Waals surface area contributed by atoms with Crippen LogP contribution in [-0.4, -0.2) is 39.1 Å². The molecule has 16 heteroatoms. The Kier molecular flexibility index (Phi) is 6.58. The standard InChI is InChI=1S/C17H10F6N4O2S4/c18-16(19,20)14(10-24-1-5-30-10,11-25-2-6-31-11)28-9-29-15(17(21,22)23,12-26-3-7-32-12)13-27-4-8-33-13/h1-8H,9H2. The van der Waals surface area contributed by atoms with Gasteiger partial charge in [0.25, 0.3) is 11.2 Å². The van der Waals surface area contributed by atoms with Crippen LogP contribution in [0.25, 0.3) is 0 Å². The van der Waals surface area contributed by atoms with E-state index in [1.807, 2.05) is 0 Å². The average molecular weight is 545 g/mol. The van der Waals surface area contributed by atoms with Gasteiger partial charge < -0.3 is 9.47 Å². The number of aromatic nitrogens is 4. The second kappa shape index (κ2) is 8.99. The summed E-state index contributed by atoms with van der Waals surface area (Å²) in [5.41, 5.74) is -6.45. The van der Waals surface area contributed by atoms with Crippen molar-refractivity contribution < 1.29 is 35.8 Å². The minimum absolute atomic E-state index is 0.547. The molecule has 0 unspecified atom stereocenters. The van der Waals surface area contributed by atoms with Gasteiger partial charge in [-0.1, -0.05) is 0 Å². The van der Waals surface area contributed by atoms with Crippen molar-refractivity contribution in [3.05, 3.63) is 66.3 Å². The van der Waals surface area contributed by atoms with Gasteiger partial charge in [-0.25, -0.2) is 19.9 Å². The van der Waals surface area contributed by atoms with Crippen LogP contribution < -0.4 is 0 Å². The smallest absolute Gasteiger partial charge is 0.326 e. The first-order valence-corrected chi connectivity index (χ1v) is 12.2. The van der Waals surface area contributed by atoms with Gasteiger partial charge in [0.05, 0.1) is 0 Å². The molecule has 0 aliphatic heterocycles. The first-order chi connectivity index (χ1) is 15.6. The zero-order chi connectivity index (χ0) is 23.7. The molecule has 0 saturated carbocycles. The van der Waals surface area contributed by atoms with E-state index in [-0.39, 0.29) is 0 Å². The van der Waals surface area contributed by atoms with Crippen LogP contribution in [0.1, 0.15) is 20.0 Å². The number of thiazole rings is 4. The molecule has 33 heavy (non-hydrogen) atoms. The lowest BCUT2D eigenvalue weighted by Crippen LogP contribution is -2.50. The number of hydrogen-bond acceptors (Lipinski definition) is 10. The van der Waals surface area contributed by atoms with E-state index in [9.17, 15) is 26.3 Å². The third-order valence-electron chi connectivity index (χ3n) is 4.28. The van der Waals surface area contributed by atoms with Crippen LogP contribution in [0.4, 0.5) is 26.3 Å². The molecule has 0 radical (unpaired) electrons. The minimum Gasteiger partial charge on any atom is -0.326 e. The van der Waals surface area contributed by atoms with Crippen LogP contribution in [0.15, 0.2) is 46.3 Å². The molecule has 0 saturated heterocycles. The molecule has 0 spiro atoms. The highest BCUT2D eigenvalue weighted by Crippen LogP contribution is 2.51. The summed E-state index contributed by atoms with van der Waals surface area (Å²) in [6, 6.07) is 0. The molecule has 0 N–H and O–H groups in total. The highest BCUT2D eigenvalue weighted by molar-refractivity contribution is 7.11. The summed E-state index contributed by atoms with van der Waals surface area (Å²) >= 11 is 2.50. The molecule has 0 atom stereocenters. The highest BCUT2D eigenvalue weighted by atomic mass is 32.1. The van der Waals surface area contributed by atoms with E-state index in [1.165, 1.54) is 21.5 Å². The third-order valence-corrected chi connectivity index (χ3v) is 7.78. The van der Waals surface area contributed by atoms with Crippen LogP contribution in [0, 0.1) is 0 Å². The van der Waals surface area contributed by atoms with Gasteiger partial charge in [0.2, 0.25) is 0 Å². The van der Waals surface area contributed by atoms with Crippen molar-refractivity contribution in [1.82, 2.24) is 19.9 Å². The topological polar surface area (TPSA) is 70.0 Å². The molecule has 4 aromatic heterocycles. The number of rotatable bonds is 8. The summed E-state index contributed by atoms with van der Waals surface area (Å²) in [6.07, 6.45) is -5.72. The monoisotopic (exact) mass is 544 g/mol. The Morgan fingerprint density at radius 1 is 0.545 bits per heavy atom. The number of nitrogens with zero attached hydrogens (tertiary/aromatic N) is 4. The molecular formula is C17H10F6N4O2S4. The van der Waals surface area contributed by atoms with E-state index in [0.717, 1.165) is 24.8 Å². The molecule has 0 amide bonds. The third kappa shape index (κ3) is 4.08. The largest absolute Gasteiger partial charge is 0.430 e. The molecule has 4 rings (SSSR count). The summed E-state index contributed by atoms with van der Waals surface area (Å²) in [5, 5.41) is 2.98. The molecule has 0 aliphatic carbocycles. The highest BCUT2D eigenvalue weighted by Gasteiger charge is 2.65. The first kappa shape index (κ1) is 24.2. The lowest BCUT2D eigenvalue weighted by atomic mass is 10.0. The normalized spacial score (nSPS) is 13.5. The van der Waals surface area contributed by atoms with Gasteiger partial charge in [-0.2, -0.15) is 26.3 Å². The number of hydrogen-bond donors (Lipinski definition) is 0. The molecule has 6 nitrogen and oxygen atoms in total. The summed E-state index contributed by atoms with van der Waals surface area (Å²) in [7, 11) is 0. The maximum atomic E-state index is 14.4. The van der Waals surface area contributed by atoms with Crippen molar-refractivity contribution in [2.45, 2.75) is 23.6 Å². The van der Waals surface area contributed by atoms with Gasteiger partial charge in [0.1, 0.15) is 20.0 Å².